The van der Waals surface area contributed by atoms with Gasteiger partial charge in [-0.1, -0.05) is 6.07 Å². The van der Waals surface area contributed by atoms with E-state index in [1.54, 1.807) is 0 Å². The number of pyridine rings is 1. The van der Waals surface area contributed by atoms with Gasteiger partial charge < -0.3 is 5.73 Å². The molecular formula is C18H26N2. The number of nitrogens with two attached hydrogens (primary N) is 1. The molecule has 108 valence electrons. The highest BCUT2D eigenvalue weighted by Gasteiger charge is 2.49. The van der Waals surface area contributed by atoms with Gasteiger partial charge in [0.25, 0.3) is 0 Å². The maximum absolute atomic E-state index is 6.68. The Morgan fingerprint density at radius 2 is 1.80 bits per heavy atom. The predicted octanol–water partition coefficient (Wildman–Crippen LogP) is 3.72. The summed E-state index contributed by atoms with van der Waals surface area (Å²) in [6, 6.07) is 4.15. The standard InChI is InChI=1S/C18H26N2/c1-18(19,16-3-2-4-20-11-16)10-17-14-6-12-5-13(8-14)9-15(17)7-12/h2-4,11-15,17H,5-10,19H2,1H3. The molecule has 4 fully saturated rings. The fourth-order valence-corrected chi connectivity index (χ4v) is 5.68. The summed E-state index contributed by atoms with van der Waals surface area (Å²) < 4.78 is 0. The van der Waals surface area contributed by atoms with E-state index in [1.165, 1.54) is 37.7 Å². The number of rotatable bonds is 3. The summed E-state index contributed by atoms with van der Waals surface area (Å²) in [5.41, 5.74) is 7.67. The van der Waals surface area contributed by atoms with Crippen molar-refractivity contribution in [3.05, 3.63) is 30.1 Å². The first kappa shape index (κ1) is 12.8. The van der Waals surface area contributed by atoms with Gasteiger partial charge in [-0.05, 0) is 86.7 Å². The summed E-state index contributed by atoms with van der Waals surface area (Å²) in [6.45, 7) is 2.20. The molecular weight excluding hydrogens is 244 g/mol. The molecule has 4 aliphatic carbocycles. The quantitative estimate of drug-likeness (QED) is 0.909. The van der Waals surface area contributed by atoms with Gasteiger partial charge in [0.1, 0.15) is 0 Å². The molecule has 4 bridgehead atoms. The van der Waals surface area contributed by atoms with Crippen LogP contribution in [0.1, 0.15) is 51.0 Å². The van der Waals surface area contributed by atoms with Crippen LogP contribution in [0.3, 0.4) is 0 Å². The molecule has 0 radical (unpaired) electrons. The molecule has 20 heavy (non-hydrogen) atoms. The third kappa shape index (κ3) is 2.09. The summed E-state index contributed by atoms with van der Waals surface area (Å²) in [6.07, 6.45) is 12.4. The minimum Gasteiger partial charge on any atom is -0.322 e. The van der Waals surface area contributed by atoms with Crippen molar-refractivity contribution in [2.24, 2.45) is 35.3 Å². The monoisotopic (exact) mass is 270 g/mol. The Morgan fingerprint density at radius 3 is 2.35 bits per heavy atom. The molecule has 0 aliphatic heterocycles. The van der Waals surface area contributed by atoms with Crippen molar-refractivity contribution in [2.45, 2.75) is 51.0 Å². The third-order valence-electron chi connectivity index (χ3n) is 6.40. The molecule has 2 heteroatoms. The van der Waals surface area contributed by atoms with Crippen molar-refractivity contribution < 1.29 is 0 Å². The Balaban J connectivity index is 1.54. The Kier molecular flexibility index (Phi) is 2.92. The Hall–Kier alpha value is -0.890. The normalized spacial score (nSPS) is 41.6. The number of aromatic nitrogens is 1. The molecule has 4 aliphatic rings. The van der Waals surface area contributed by atoms with Gasteiger partial charge in [0.2, 0.25) is 0 Å². The Morgan fingerprint density at radius 1 is 1.15 bits per heavy atom. The summed E-state index contributed by atoms with van der Waals surface area (Å²) in [5.74, 6) is 4.89. The molecule has 1 unspecified atom stereocenters. The molecule has 0 aromatic carbocycles. The summed E-state index contributed by atoms with van der Waals surface area (Å²) in [4.78, 5) is 4.26. The lowest BCUT2D eigenvalue weighted by molar-refractivity contribution is -0.0473. The molecule has 0 saturated heterocycles. The van der Waals surface area contributed by atoms with Gasteiger partial charge in [-0.2, -0.15) is 0 Å². The largest absolute Gasteiger partial charge is 0.322 e. The third-order valence-corrected chi connectivity index (χ3v) is 6.40. The smallest absolute Gasteiger partial charge is 0.0399 e. The lowest BCUT2D eigenvalue weighted by atomic mass is 9.50. The lowest BCUT2D eigenvalue weighted by Gasteiger charge is -2.55. The predicted molar refractivity (Wildman–Crippen MR) is 80.9 cm³/mol. The zero-order chi connectivity index (χ0) is 13.7. The lowest BCUT2D eigenvalue weighted by Crippen LogP contribution is -2.48. The van der Waals surface area contributed by atoms with Gasteiger partial charge in [-0.15, -0.1) is 0 Å². The highest BCUT2D eigenvalue weighted by molar-refractivity contribution is 5.19. The number of hydrogen-bond donors (Lipinski definition) is 1. The van der Waals surface area contributed by atoms with Crippen LogP contribution in [0.2, 0.25) is 0 Å². The minimum atomic E-state index is -0.214. The molecule has 2 nitrogen and oxygen atoms in total. The van der Waals surface area contributed by atoms with Crippen LogP contribution in [0, 0.1) is 29.6 Å². The van der Waals surface area contributed by atoms with Crippen molar-refractivity contribution in [1.82, 2.24) is 4.98 Å². The Bertz CT molecular complexity index is 451. The zero-order valence-corrected chi connectivity index (χ0v) is 12.5. The van der Waals surface area contributed by atoms with E-state index >= 15 is 0 Å². The molecule has 5 rings (SSSR count). The van der Waals surface area contributed by atoms with Gasteiger partial charge in [0, 0.05) is 17.9 Å². The van der Waals surface area contributed by atoms with Crippen molar-refractivity contribution >= 4 is 0 Å². The number of nitrogens with zero attached hydrogens (tertiary/aromatic N) is 1. The summed E-state index contributed by atoms with van der Waals surface area (Å²) >= 11 is 0. The average molecular weight is 270 g/mol. The number of hydrogen-bond acceptors (Lipinski definition) is 2. The first-order valence-corrected chi connectivity index (χ1v) is 8.31. The van der Waals surface area contributed by atoms with E-state index < -0.39 is 0 Å². The fraction of sp³-hybridized carbons (Fsp3) is 0.722. The molecule has 4 saturated carbocycles. The van der Waals surface area contributed by atoms with E-state index in [0.29, 0.717) is 0 Å². The van der Waals surface area contributed by atoms with Crippen LogP contribution in [-0.2, 0) is 5.54 Å². The first-order chi connectivity index (χ1) is 9.62. The molecule has 1 atom stereocenters. The maximum Gasteiger partial charge on any atom is 0.0399 e. The van der Waals surface area contributed by atoms with Crippen LogP contribution in [0.5, 0.6) is 0 Å². The Labute approximate surface area is 122 Å². The van der Waals surface area contributed by atoms with E-state index in [-0.39, 0.29) is 5.54 Å². The molecule has 0 amide bonds. The van der Waals surface area contributed by atoms with Crippen LogP contribution >= 0.6 is 0 Å². The molecule has 0 spiro atoms. The second-order valence-corrected chi connectivity index (χ2v) is 7.96. The van der Waals surface area contributed by atoms with E-state index in [1.807, 2.05) is 18.5 Å². The van der Waals surface area contributed by atoms with Gasteiger partial charge in [0.05, 0.1) is 0 Å². The van der Waals surface area contributed by atoms with Gasteiger partial charge in [0.15, 0.2) is 0 Å². The van der Waals surface area contributed by atoms with Crippen LogP contribution in [0.4, 0.5) is 0 Å². The molecule has 1 heterocycles. The van der Waals surface area contributed by atoms with E-state index in [0.717, 1.165) is 36.0 Å². The van der Waals surface area contributed by atoms with Crippen molar-refractivity contribution in [3.8, 4) is 0 Å². The van der Waals surface area contributed by atoms with E-state index in [2.05, 4.69) is 18.0 Å². The van der Waals surface area contributed by atoms with E-state index in [9.17, 15) is 0 Å². The van der Waals surface area contributed by atoms with Crippen LogP contribution < -0.4 is 5.73 Å². The van der Waals surface area contributed by atoms with Crippen LogP contribution in [-0.4, -0.2) is 4.98 Å². The van der Waals surface area contributed by atoms with Gasteiger partial charge in [-0.3, -0.25) is 4.98 Å². The molecule has 2 N–H and O–H groups in total. The van der Waals surface area contributed by atoms with Gasteiger partial charge in [-0.25, -0.2) is 0 Å². The van der Waals surface area contributed by atoms with Gasteiger partial charge >= 0.3 is 0 Å². The summed E-state index contributed by atoms with van der Waals surface area (Å²) in [5, 5.41) is 0. The topological polar surface area (TPSA) is 38.9 Å². The highest BCUT2D eigenvalue weighted by atomic mass is 14.8. The van der Waals surface area contributed by atoms with Crippen molar-refractivity contribution in [3.63, 3.8) is 0 Å². The first-order valence-electron chi connectivity index (χ1n) is 8.31. The fourth-order valence-electron chi connectivity index (χ4n) is 5.68. The molecule has 1 aromatic heterocycles. The van der Waals surface area contributed by atoms with Crippen molar-refractivity contribution in [2.75, 3.05) is 0 Å². The second-order valence-electron chi connectivity index (χ2n) is 7.96. The van der Waals surface area contributed by atoms with Crippen LogP contribution in [0.25, 0.3) is 0 Å². The SMILES string of the molecule is CC(N)(CC1C2CC3CC(C2)CC1C3)c1cccnc1. The summed E-state index contributed by atoms with van der Waals surface area (Å²) in [7, 11) is 0. The second kappa shape index (κ2) is 4.56. The highest BCUT2D eigenvalue weighted by Crippen LogP contribution is 2.58. The minimum absolute atomic E-state index is 0.214. The van der Waals surface area contributed by atoms with Crippen molar-refractivity contribution in [1.29, 1.82) is 0 Å². The molecule has 1 aromatic rings. The van der Waals surface area contributed by atoms with E-state index in [4.69, 9.17) is 5.73 Å². The maximum atomic E-state index is 6.68. The van der Waals surface area contributed by atoms with Crippen LogP contribution in [0.15, 0.2) is 24.5 Å². The zero-order valence-electron chi connectivity index (χ0n) is 12.5. The average Bonchev–Trinajstić information content (AvgIpc) is 2.43.